The molecule has 0 aliphatic heterocycles. The topological polar surface area (TPSA) is 79.3 Å². The lowest BCUT2D eigenvalue weighted by Gasteiger charge is -2.07. The van der Waals surface area contributed by atoms with Gasteiger partial charge in [0.1, 0.15) is 5.15 Å². The quantitative estimate of drug-likeness (QED) is 0.812. The maximum absolute atomic E-state index is 12.0. The van der Waals surface area contributed by atoms with Crippen LogP contribution in [0.5, 0.6) is 0 Å². The Morgan fingerprint density at radius 3 is 2.81 bits per heavy atom. The minimum Gasteiger partial charge on any atom is -0.478 e. The monoisotopic (exact) mass is 368 g/mol. The molecule has 0 radical (unpaired) electrons. The Kier molecular flexibility index (Phi) is 4.93. The zero-order chi connectivity index (χ0) is 15.4. The lowest BCUT2D eigenvalue weighted by Crippen LogP contribution is -2.23. The molecule has 1 amide bonds. The molecule has 0 fully saturated rings. The molecule has 0 aliphatic rings. The van der Waals surface area contributed by atoms with Gasteiger partial charge in [-0.3, -0.25) is 4.79 Å². The first kappa shape index (κ1) is 15.5. The molecule has 0 unspecified atom stereocenters. The highest BCUT2D eigenvalue weighted by Gasteiger charge is 2.12. The highest BCUT2D eigenvalue weighted by Crippen LogP contribution is 2.18. The van der Waals surface area contributed by atoms with E-state index in [4.69, 9.17) is 16.7 Å². The molecule has 0 saturated heterocycles. The Morgan fingerprint density at radius 2 is 2.10 bits per heavy atom. The molecule has 1 aromatic carbocycles. The predicted molar refractivity (Wildman–Crippen MR) is 81.5 cm³/mol. The fraction of sp³-hybridized carbons (Fsp3) is 0.0714. The summed E-state index contributed by atoms with van der Waals surface area (Å²) in [4.78, 5) is 26.8. The van der Waals surface area contributed by atoms with Gasteiger partial charge in [-0.2, -0.15) is 0 Å². The number of pyridine rings is 1. The first-order valence-corrected chi connectivity index (χ1v) is 7.06. The SMILES string of the molecule is O=C(O)c1cccc(CNC(=O)c2cc(Br)cnc2Cl)c1. The van der Waals surface area contributed by atoms with Gasteiger partial charge in [-0.1, -0.05) is 23.7 Å². The molecule has 21 heavy (non-hydrogen) atoms. The van der Waals surface area contributed by atoms with Crippen molar-refractivity contribution in [3.05, 3.63) is 62.8 Å². The smallest absolute Gasteiger partial charge is 0.335 e. The molecule has 0 spiro atoms. The number of aromatic nitrogens is 1. The Morgan fingerprint density at radius 1 is 1.33 bits per heavy atom. The van der Waals surface area contributed by atoms with Crippen molar-refractivity contribution < 1.29 is 14.7 Å². The standard InChI is InChI=1S/C14H10BrClN2O3/c15-10-5-11(12(16)17-7-10)13(19)18-6-8-2-1-3-9(4-8)14(20)21/h1-5,7H,6H2,(H,18,19)(H,20,21). The molecule has 108 valence electrons. The molecule has 2 aromatic rings. The van der Waals surface area contributed by atoms with Crippen LogP contribution in [0.25, 0.3) is 0 Å². The minimum atomic E-state index is -1.01. The molecule has 0 bridgehead atoms. The zero-order valence-electron chi connectivity index (χ0n) is 10.6. The maximum atomic E-state index is 12.0. The molecule has 1 heterocycles. The number of carboxylic acid groups (broad SMARTS) is 1. The third-order valence-corrected chi connectivity index (χ3v) is 3.41. The van der Waals surface area contributed by atoms with Gasteiger partial charge in [0.15, 0.2) is 0 Å². The summed E-state index contributed by atoms with van der Waals surface area (Å²) in [7, 11) is 0. The average Bonchev–Trinajstić information content (AvgIpc) is 2.47. The van der Waals surface area contributed by atoms with Gasteiger partial charge in [0.2, 0.25) is 0 Å². The summed E-state index contributed by atoms with van der Waals surface area (Å²) in [5.74, 6) is -1.39. The largest absolute Gasteiger partial charge is 0.478 e. The molecule has 7 heteroatoms. The first-order valence-electron chi connectivity index (χ1n) is 5.89. The first-order chi connectivity index (χ1) is 9.97. The lowest BCUT2D eigenvalue weighted by molar-refractivity contribution is 0.0696. The van der Waals surface area contributed by atoms with E-state index in [0.717, 1.165) is 0 Å². The molecule has 2 rings (SSSR count). The number of halogens is 2. The van der Waals surface area contributed by atoms with Gasteiger partial charge in [0.05, 0.1) is 11.1 Å². The van der Waals surface area contributed by atoms with Crippen molar-refractivity contribution in [2.24, 2.45) is 0 Å². The Balaban J connectivity index is 2.09. The van der Waals surface area contributed by atoms with Crippen LogP contribution in [-0.2, 0) is 6.54 Å². The van der Waals surface area contributed by atoms with E-state index >= 15 is 0 Å². The van der Waals surface area contributed by atoms with Crippen LogP contribution in [0.15, 0.2) is 41.0 Å². The minimum absolute atomic E-state index is 0.106. The summed E-state index contributed by atoms with van der Waals surface area (Å²) in [6, 6.07) is 7.91. The number of benzene rings is 1. The van der Waals surface area contributed by atoms with Gasteiger partial charge < -0.3 is 10.4 Å². The van der Waals surface area contributed by atoms with Crippen LogP contribution in [0.4, 0.5) is 0 Å². The fourth-order valence-electron chi connectivity index (χ4n) is 1.67. The fourth-order valence-corrected chi connectivity index (χ4v) is 2.19. The second-order valence-corrected chi connectivity index (χ2v) is 5.45. The molecular weight excluding hydrogens is 360 g/mol. The highest BCUT2D eigenvalue weighted by atomic mass is 79.9. The van der Waals surface area contributed by atoms with Crippen LogP contribution in [0.3, 0.4) is 0 Å². The van der Waals surface area contributed by atoms with Gasteiger partial charge in [0, 0.05) is 17.2 Å². The van der Waals surface area contributed by atoms with Crippen molar-refractivity contribution in [2.75, 3.05) is 0 Å². The number of carbonyl (C=O) groups is 2. The molecule has 0 atom stereocenters. The zero-order valence-corrected chi connectivity index (χ0v) is 13.0. The number of carboxylic acids is 1. The number of rotatable bonds is 4. The van der Waals surface area contributed by atoms with Crippen LogP contribution in [-0.4, -0.2) is 22.0 Å². The van der Waals surface area contributed by atoms with Crippen molar-refractivity contribution in [2.45, 2.75) is 6.54 Å². The summed E-state index contributed by atoms with van der Waals surface area (Å²) >= 11 is 9.09. The third-order valence-electron chi connectivity index (χ3n) is 2.68. The van der Waals surface area contributed by atoms with E-state index in [9.17, 15) is 9.59 Å². The maximum Gasteiger partial charge on any atom is 0.335 e. The summed E-state index contributed by atoms with van der Waals surface area (Å²) in [6.45, 7) is 0.197. The highest BCUT2D eigenvalue weighted by molar-refractivity contribution is 9.10. The average molecular weight is 370 g/mol. The molecule has 0 saturated carbocycles. The van der Waals surface area contributed by atoms with E-state index < -0.39 is 5.97 Å². The number of nitrogens with zero attached hydrogens (tertiary/aromatic N) is 1. The lowest BCUT2D eigenvalue weighted by atomic mass is 10.1. The van der Waals surface area contributed by atoms with Crippen LogP contribution in [0, 0.1) is 0 Å². The van der Waals surface area contributed by atoms with Gasteiger partial charge in [-0.25, -0.2) is 9.78 Å². The van der Waals surface area contributed by atoms with Crippen LogP contribution < -0.4 is 5.32 Å². The van der Waals surface area contributed by atoms with Crippen LogP contribution in [0.2, 0.25) is 5.15 Å². The van der Waals surface area contributed by atoms with Crippen molar-refractivity contribution in [1.29, 1.82) is 0 Å². The van der Waals surface area contributed by atoms with E-state index in [0.29, 0.717) is 10.0 Å². The second kappa shape index (κ2) is 6.69. The van der Waals surface area contributed by atoms with Gasteiger partial charge >= 0.3 is 5.97 Å². The number of carbonyl (C=O) groups excluding carboxylic acids is 1. The van der Waals surface area contributed by atoms with Crippen molar-refractivity contribution in [3.63, 3.8) is 0 Å². The molecule has 1 aromatic heterocycles. The van der Waals surface area contributed by atoms with E-state index in [1.54, 1.807) is 18.2 Å². The van der Waals surface area contributed by atoms with Gasteiger partial charge in [0.25, 0.3) is 5.91 Å². The van der Waals surface area contributed by atoms with E-state index in [2.05, 4.69) is 26.2 Å². The Hall–Kier alpha value is -1.92. The molecule has 2 N–H and O–H groups in total. The number of nitrogens with one attached hydrogen (secondary N) is 1. The number of hydrogen-bond acceptors (Lipinski definition) is 3. The summed E-state index contributed by atoms with van der Waals surface area (Å²) < 4.78 is 0.643. The summed E-state index contributed by atoms with van der Waals surface area (Å²) in [6.07, 6.45) is 1.50. The van der Waals surface area contributed by atoms with Crippen molar-refractivity contribution in [3.8, 4) is 0 Å². The van der Waals surface area contributed by atoms with Crippen molar-refractivity contribution in [1.82, 2.24) is 10.3 Å². The van der Waals surface area contributed by atoms with E-state index in [1.807, 2.05) is 0 Å². The predicted octanol–water partition coefficient (Wildman–Crippen LogP) is 3.13. The molecule has 5 nitrogen and oxygen atoms in total. The molecular formula is C14H10BrClN2O3. The van der Waals surface area contributed by atoms with Gasteiger partial charge in [-0.15, -0.1) is 0 Å². The number of amides is 1. The second-order valence-electron chi connectivity index (χ2n) is 4.18. The van der Waals surface area contributed by atoms with Crippen LogP contribution in [0.1, 0.15) is 26.3 Å². The van der Waals surface area contributed by atoms with Crippen LogP contribution >= 0.6 is 27.5 Å². The summed E-state index contributed by atoms with van der Waals surface area (Å²) in [5.41, 5.74) is 1.10. The van der Waals surface area contributed by atoms with E-state index in [-0.39, 0.29) is 28.7 Å². The number of hydrogen-bond donors (Lipinski definition) is 2. The van der Waals surface area contributed by atoms with E-state index in [1.165, 1.54) is 18.3 Å². The Bertz CT molecular complexity index is 706. The van der Waals surface area contributed by atoms with Gasteiger partial charge in [-0.05, 0) is 39.7 Å². The van der Waals surface area contributed by atoms with Crippen molar-refractivity contribution >= 4 is 39.4 Å². The Labute approximate surface area is 134 Å². The number of aromatic carboxylic acids is 1. The normalized spacial score (nSPS) is 10.2. The third kappa shape index (κ3) is 4.03. The summed E-state index contributed by atoms with van der Waals surface area (Å²) in [5, 5.41) is 11.7. The molecule has 0 aliphatic carbocycles.